The van der Waals surface area contributed by atoms with E-state index in [0.717, 1.165) is 0 Å². The van der Waals surface area contributed by atoms with Gasteiger partial charge in [0.25, 0.3) is 0 Å². The van der Waals surface area contributed by atoms with Crippen molar-refractivity contribution < 1.29 is 18.6 Å². The number of hydrogen-bond acceptors (Lipinski definition) is 4. The van der Waals surface area contributed by atoms with Crippen molar-refractivity contribution in [1.82, 2.24) is 0 Å². The molecule has 94 valence electrons. The van der Waals surface area contributed by atoms with Gasteiger partial charge in [0.1, 0.15) is 5.75 Å². The van der Waals surface area contributed by atoms with Gasteiger partial charge in [-0.2, -0.15) is 0 Å². The molecular weight excluding hydrogens is 252 g/mol. The Balaban J connectivity index is 2.44. The number of aliphatic hydroxyl groups is 1. The van der Waals surface area contributed by atoms with Crippen molar-refractivity contribution in [1.29, 1.82) is 0 Å². The van der Waals surface area contributed by atoms with Crippen LogP contribution in [0, 0.1) is 0 Å². The summed E-state index contributed by atoms with van der Waals surface area (Å²) in [6, 6.07) is 11.4. The molecule has 4 nitrogen and oxygen atoms in total. The largest absolute Gasteiger partial charge is 0.508 e. The second kappa shape index (κ2) is 4.80. The second-order valence-electron chi connectivity index (χ2n) is 3.80. The zero-order valence-corrected chi connectivity index (χ0v) is 10.3. The first-order valence-electron chi connectivity index (χ1n) is 5.28. The summed E-state index contributed by atoms with van der Waals surface area (Å²) in [5.41, 5.74) is 0.652. The fourth-order valence-electron chi connectivity index (χ4n) is 1.54. The number of sulfone groups is 1. The van der Waals surface area contributed by atoms with Crippen LogP contribution >= 0.6 is 0 Å². The molecule has 0 aliphatic rings. The summed E-state index contributed by atoms with van der Waals surface area (Å²) in [6.45, 7) is -0.125. The van der Waals surface area contributed by atoms with Crippen LogP contribution < -0.4 is 0 Å². The van der Waals surface area contributed by atoms with E-state index >= 15 is 0 Å². The normalized spacial score (nSPS) is 11.4. The summed E-state index contributed by atoms with van der Waals surface area (Å²) in [5.74, 6) is 0.0181. The highest BCUT2D eigenvalue weighted by Gasteiger charge is 2.17. The van der Waals surface area contributed by atoms with Crippen LogP contribution in [0.25, 0.3) is 0 Å². The predicted molar refractivity (Wildman–Crippen MR) is 65.9 cm³/mol. The summed E-state index contributed by atoms with van der Waals surface area (Å²) in [4.78, 5) is 0.280. The third-order valence-electron chi connectivity index (χ3n) is 2.56. The molecule has 0 fully saturated rings. The lowest BCUT2D eigenvalue weighted by Crippen LogP contribution is -2.01. The van der Waals surface area contributed by atoms with Crippen molar-refractivity contribution in [2.75, 3.05) is 0 Å². The first-order valence-corrected chi connectivity index (χ1v) is 6.76. The average Bonchev–Trinajstić information content (AvgIpc) is 2.39. The van der Waals surface area contributed by atoms with Gasteiger partial charge in [-0.1, -0.05) is 12.1 Å². The minimum Gasteiger partial charge on any atom is -0.508 e. The molecule has 0 heterocycles. The predicted octanol–water partition coefficient (Wildman–Crippen LogP) is 1.72. The lowest BCUT2D eigenvalue weighted by atomic mass is 10.2. The first-order chi connectivity index (χ1) is 8.54. The van der Waals surface area contributed by atoms with Crippen LogP contribution in [0.15, 0.2) is 58.3 Å². The molecule has 0 aliphatic heterocycles. The van der Waals surface area contributed by atoms with E-state index in [-0.39, 0.29) is 22.1 Å². The van der Waals surface area contributed by atoms with Gasteiger partial charge in [-0.25, -0.2) is 8.42 Å². The van der Waals surface area contributed by atoms with Crippen molar-refractivity contribution in [3.63, 3.8) is 0 Å². The Labute approximate surface area is 105 Å². The van der Waals surface area contributed by atoms with E-state index in [2.05, 4.69) is 0 Å². The number of aromatic hydroxyl groups is 1. The van der Waals surface area contributed by atoms with Gasteiger partial charge in [0.15, 0.2) is 0 Å². The van der Waals surface area contributed by atoms with Crippen molar-refractivity contribution >= 4 is 9.84 Å². The van der Waals surface area contributed by atoms with Gasteiger partial charge in [0.05, 0.1) is 16.4 Å². The zero-order chi connectivity index (χ0) is 13.2. The highest BCUT2D eigenvalue weighted by Crippen LogP contribution is 2.22. The van der Waals surface area contributed by atoms with Crippen LogP contribution in [0.2, 0.25) is 0 Å². The van der Waals surface area contributed by atoms with Crippen LogP contribution in [0.3, 0.4) is 0 Å². The molecule has 0 aliphatic carbocycles. The molecule has 0 saturated heterocycles. The molecule has 2 aromatic rings. The number of rotatable bonds is 3. The molecule has 0 bridgehead atoms. The molecule has 2 N–H and O–H groups in total. The lowest BCUT2D eigenvalue weighted by molar-refractivity contribution is 0.282. The van der Waals surface area contributed by atoms with Crippen molar-refractivity contribution in [3.8, 4) is 5.75 Å². The molecule has 0 aromatic heterocycles. The number of benzene rings is 2. The molecule has 18 heavy (non-hydrogen) atoms. The molecular formula is C13H12O4S. The summed E-state index contributed by atoms with van der Waals surface area (Å²) < 4.78 is 24.4. The second-order valence-corrected chi connectivity index (χ2v) is 5.75. The third-order valence-corrected chi connectivity index (χ3v) is 4.35. The quantitative estimate of drug-likeness (QED) is 0.885. The van der Waals surface area contributed by atoms with Gasteiger partial charge in [0, 0.05) is 0 Å². The number of hydrogen-bond donors (Lipinski definition) is 2. The maximum Gasteiger partial charge on any atom is 0.206 e. The van der Waals surface area contributed by atoms with E-state index in [1.54, 1.807) is 12.1 Å². The molecule has 2 aromatic carbocycles. The fourth-order valence-corrected chi connectivity index (χ4v) is 2.80. The number of aliphatic hydroxyl groups excluding tert-OH is 1. The molecule has 0 unspecified atom stereocenters. The lowest BCUT2D eigenvalue weighted by Gasteiger charge is -2.05. The van der Waals surface area contributed by atoms with E-state index in [9.17, 15) is 8.42 Å². The highest BCUT2D eigenvalue weighted by molar-refractivity contribution is 7.91. The highest BCUT2D eigenvalue weighted by atomic mass is 32.2. The number of phenolic OH excluding ortho intramolecular Hbond substituents is 1. The first kappa shape index (κ1) is 12.6. The van der Waals surface area contributed by atoms with Crippen LogP contribution in [-0.2, 0) is 16.4 Å². The van der Waals surface area contributed by atoms with Crippen molar-refractivity contribution in [2.24, 2.45) is 0 Å². The van der Waals surface area contributed by atoms with Crippen LogP contribution in [-0.4, -0.2) is 18.6 Å². The minimum absolute atomic E-state index is 0.0181. The van der Waals surface area contributed by atoms with Crippen molar-refractivity contribution in [2.45, 2.75) is 16.4 Å². The summed E-state index contributed by atoms with van der Waals surface area (Å²) in [5, 5.41) is 18.0. The van der Waals surface area contributed by atoms with Gasteiger partial charge >= 0.3 is 0 Å². The molecule has 0 amide bonds. The van der Waals surface area contributed by atoms with Gasteiger partial charge < -0.3 is 10.2 Å². The molecule has 0 atom stereocenters. The van der Waals surface area contributed by atoms with Crippen LogP contribution in [0.1, 0.15) is 5.56 Å². The maximum atomic E-state index is 12.2. The molecule has 0 radical (unpaired) electrons. The smallest absolute Gasteiger partial charge is 0.206 e. The van der Waals surface area contributed by atoms with Crippen molar-refractivity contribution in [3.05, 3.63) is 54.1 Å². The summed E-state index contributed by atoms with van der Waals surface area (Å²) >= 11 is 0. The topological polar surface area (TPSA) is 74.6 Å². The van der Waals surface area contributed by atoms with E-state index in [1.165, 1.54) is 36.4 Å². The van der Waals surface area contributed by atoms with Gasteiger partial charge in [-0.15, -0.1) is 0 Å². The van der Waals surface area contributed by atoms with E-state index in [0.29, 0.717) is 5.56 Å². The SMILES string of the molecule is O=S(=O)(c1ccc(O)cc1)c1ccc(CO)cc1. The Morgan fingerprint density at radius 2 is 1.28 bits per heavy atom. The molecule has 2 rings (SSSR count). The summed E-state index contributed by atoms with van der Waals surface area (Å²) in [6.07, 6.45) is 0. The average molecular weight is 264 g/mol. The monoisotopic (exact) mass is 264 g/mol. The van der Waals surface area contributed by atoms with Gasteiger partial charge in [0.2, 0.25) is 9.84 Å². The standard InChI is InChI=1S/C13H12O4S/c14-9-10-1-5-12(6-2-10)18(16,17)13-7-3-11(15)4-8-13/h1-8,14-15H,9H2. The molecule has 0 saturated carbocycles. The number of phenols is 1. The Hall–Kier alpha value is -1.85. The van der Waals surface area contributed by atoms with E-state index in [1.807, 2.05) is 0 Å². The van der Waals surface area contributed by atoms with Gasteiger partial charge in [-0.3, -0.25) is 0 Å². The fraction of sp³-hybridized carbons (Fsp3) is 0.0769. The Morgan fingerprint density at radius 3 is 1.72 bits per heavy atom. The van der Waals surface area contributed by atoms with Gasteiger partial charge in [-0.05, 0) is 42.0 Å². The van der Waals surface area contributed by atoms with Crippen LogP contribution in [0.4, 0.5) is 0 Å². The van der Waals surface area contributed by atoms with E-state index in [4.69, 9.17) is 10.2 Å². The Morgan fingerprint density at radius 1 is 0.833 bits per heavy atom. The summed E-state index contributed by atoms with van der Waals surface area (Å²) in [7, 11) is -3.57. The minimum atomic E-state index is -3.57. The van der Waals surface area contributed by atoms with Crippen LogP contribution in [0.5, 0.6) is 5.75 Å². The maximum absolute atomic E-state index is 12.2. The zero-order valence-electron chi connectivity index (χ0n) is 9.45. The molecule has 0 spiro atoms. The Bertz CT molecular complexity index is 628. The molecule has 5 heteroatoms. The Kier molecular flexibility index (Phi) is 3.36. The third kappa shape index (κ3) is 2.37. The van der Waals surface area contributed by atoms with E-state index < -0.39 is 9.84 Å².